The molecular weight excluding hydrogens is 593 g/mol. The van der Waals surface area contributed by atoms with Gasteiger partial charge in [0.1, 0.15) is 12.1 Å². The summed E-state index contributed by atoms with van der Waals surface area (Å²) >= 11 is 1.21. The highest BCUT2D eigenvalue weighted by Gasteiger charge is 2.33. The van der Waals surface area contributed by atoms with Crippen LogP contribution in [0.2, 0.25) is 0 Å². The van der Waals surface area contributed by atoms with Gasteiger partial charge in [-0.1, -0.05) is 60.6 Å². The Morgan fingerprint density at radius 1 is 1.05 bits per heavy atom. The van der Waals surface area contributed by atoms with E-state index in [0.29, 0.717) is 16.7 Å². The smallest absolute Gasteiger partial charge is 0.406 e. The normalized spacial score (nSPS) is 15.4. The number of rotatable bonds is 6. The van der Waals surface area contributed by atoms with Crippen LogP contribution in [0.4, 0.5) is 23.7 Å². The minimum atomic E-state index is -4.76. The van der Waals surface area contributed by atoms with Crippen molar-refractivity contribution in [1.82, 2.24) is 14.8 Å². The maximum Gasteiger partial charge on any atom is 0.573 e. The summed E-state index contributed by atoms with van der Waals surface area (Å²) in [5.74, 6) is -0.0622. The quantitative estimate of drug-likeness (QED) is 0.212. The van der Waals surface area contributed by atoms with Gasteiger partial charge in [-0.15, -0.1) is 18.3 Å². The summed E-state index contributed by atoms with van der Waals surface area (Å²) in [7, 11) is 0. The third-order valence-electron chi connectivity index (χ3n) is 6.75. The summed E-state index contributed by atoms with van der Waals surface area (Å²) in [5.41, 5.74) is 5.80. The second-order valence-electron chi connectivity index (χ2n) is 10.2. The zero-order chi connectivity index (χ0) is 31.6. The summed E-state index contributed by atoms with van der Waals surface area (Å²) in [6, 6.07) is 15.9. The summed E-state index contributed by atoms with van der Waals surface area (Å²) in [6.45, 7) is 7.73. The molecule has 0 N–H and O–H groups in total. The van der Waals surface area contributed by atoms with Crippen LogP contribution in [0.5, 0.6) is 5.75 Å². The van der Waals surface area contributed by atoms with Gasteiger partial charge < -0.3 is 4.74 Å². The number of amidine groups is 1. The van der Waals surface area contributed by atoms with Crippen LogP contribution in [-0.4, -0.2) is 50.2 Å². The number of alkyl halides is 3. The van der Waals surface area contributed by atoms with Gasteiger partial charge in [-0.3, -0.25) is 9.69 Å². The van der Waals surface area contributed by atoms with Crippen LogP contribution >= 0.6 is 11.8 Å². The first-order chi connectivity index (χ1) is 20.9. The van der Waals surface area contributed by atoms with Crippen LogP contribution in [0.1, 0.15) is 35.1 Å². The van der Waals surface area contributed by atoms with Gasteiger partial charge in [0.25, 0.3) is 0 Å². The van der Waals surface area contributed by atoms with E-state index in [1.54, 1.807) is 0 Å². The van der Waals surface area contributed by atoms with E-state index >= 15 is 0 Å². The summed E-state index contributed by atoms with van der Waals surface area (Å²) < 4.78 is 42.6. The number of thioether (sulfide) groups is 1. The SMILES string of the molecule is Cc1cc(C)c(N2C(=O)CSC2=NC(=O)N=CC(C)c2ccc(-c3ncn(-c4ccc(OC(F)(F)F)cc4)n3)cc2)c(C)c1. The number of nitrogens with zero attached hydrogens (tertiary/aromatic N) is 6. The van der Waals surface area contributed by atoms with E-state index in [4.69, 9.17) is 0 Å². The molecule has 1 aromatic heterocycles. The number of amides is 3. The summed E-state index contributed by atoms with van der Waals surface area (Å²) in [4.78, 5) is 39.3. The van der Waals surface area contributed by atoms with E-state index in [2.05, 4.69) is 24.8 Å². The maximum atomic E-state index is 12.7. The minimum Gasteiger partial charge on any atom is -0.406 e. The molecule has 0 aliphatic carbocycles. The Labute approximate surface area is 255 Å². The third kappa shape index (κ3) is 7.05. The molecule has 13 heteroatoms. The van der Waals surface area contributed by atoms with Gasteiger partial charge in [0.2, 0.25) is 5.91 Å². The zero-order valence-electron chi connectivity index (χ0n) is 24.2. The van der Waals surface area contributed by atoms with Gasteiger partial charge in [0.05, 0.1) is 17.1 Å². The lowest BCUT2D eigenvalue weighted by molar-refractivity contribution is -0.274. The number of ether oxygens (including phenoxy) is 1. The van der Waals surface area contributed by atoms with E-state index in [1.165, 1.54) is 58.2 Å². The van der Waals surface area contributed by atoms with Crippen molar-refractivity contribution in [3.8, 4) is 22.8 Å². The molecule has 0 saturated carbocycles. The zero-order valence-corrected chi connectivity index (χ0v) is 25.0. The van der Waals surface area contributed by atoms with Gasteiger partial charge in [-0.25, -0.2) is 19.5 Å². The van der Waals surface area contributed by atoms with Crippen molar-refractivity contribution in [1.29, 1.82) is 0 Å². The number of aromatic nitrogens is 3. The monoisotopic (exact) mass is 620 g/mol. The molecule has 4 aromatic rings. The number of halogens is 3. The molecule has 3 aromatic carbocycles. The average molecular weight is 621 g/mol. The standard InChI is InChI=1S/C31H27F3N6O3S/c1-18-13-19(2)27(20(3)14-18)40-26(41)16-44-30(40)37-29(42)35-15-21(4)22-5-7-23(8-6-22)28-36-17-39(38-28)24-9-11-25(12-10-24)43-31(32,33)34/h5-15,17,21H,16H2,1-4H3. The molecule has 0 radical (unpaired) electrons. The van der Waals surface area contributed by atoms with Crippen molar-refractivity contribution in [2.75, 3.05) is 10.7 Å². The van der Waals surface area contributed by atoms with E-state index in [0.717, 1.165) is 33.5 Å². The molecule has 44 heavy (non-hydrogen) atoms. The molecule has 9 nitrogen and oxygen atoms in total. The molecule has 1 fully saturated rings. The second-order valence-corrected chi connectivity index (χ2v) is 11.1. The molecule has 226 valence electrons. The molecule has 1 unspecified atom stereocenters. The molecule has 0 bridgehead atoms. The van der Waals surface area contributed by atoms with Gasteiger partial charge >= 0.3 is 12.4 Å². The Balaban J connectivity index is 1.24. The van der Waals surface area contributed by atoms with Crippen molar-refractivity contribution in [2.45, 2.75) is 40.0 Å². The van der Waals surface area contributed by atoms with Gasteiger partial charge in [-0.2, -0.15) is 4.99 Å². The molecule has 2 heterocycles. The Hall–Kier alpha value is -4.78. The summed E-state index contributed by atoms with van der Waals surface area (Å²) in [5, 5.41) is 4.72. The fraction of sp³-hybridized carbons (Fsp3) is 0.226. The fourth-order valence-corrected chi connectivity index (χ4v) is 5.66. The van der Waals surface area contributed by atoms with Crippen molar-refractivity contribution in [3.63, 3.8) is 0 Å². The molecule has 1 atom stereocenters. The van der Waals surface area contributed by atoms with Crippen molar-refractivity contribution >= 4 is 40.8 Å². The number of anilines is 1. The number of urea groups is 1. The van der Waals surface area contributed by atoms with E-state index in [1.807, 2.05) is 64.1 Å². The highest BCUT2D eigenvalue weighted by atomic mass is 32.2. The van der Waals surface area contributed by atoms with Crippen LogP contribution in [0, 0.1) is 20.8 Å². The van der Waals surface area contributed by atoms with Crippen LogP contribution in [0.3, 0.4) is 0 Å². The van der Waals surface area contributed by atoms with Crippen molar-refractivity contribution in [3.05, 3.63) is 89.2 Å². The Morgan fingerprint density at radius 2 is 1.70 bits per heavy atom. The van der Waals surface area contributed by atoms with E-state index < -0.39 is 12.4 Å². The molecule has 5 rings (SSSR count). The molecule has 1 saturated heterocycles. The Bertz CT molecular complexity index is 1740. The Morgan fingerprint density at radius 3 is 2.34 bits per heavy atom. The minimum absolute atomic E-state index is 0.137. The van der Waals surface area contributed by atoms with Gasteiger partial charge in [0.15, 0.2) is 11.0 Å². The van der Waals surface area contributed by atoms with Crippen molar-refractivity contribution < 1.29 is 27.5 Å². The van der Waals surface area contributed by atoms with E-state index in [9.17, 15) is 22.8 Å². The number of aryl methyl sites for hydroxylation is 3. The number of hydrogen-bond donors (Lipinski definition) is 0. The van der Waals surface area contributed by atoms with E-state index in [-0.39, 0.29) is 23.3 Å². The number of carbonyl (C=O) groups excluding carboxylic acids is 2. The molecule has 1 aliphatic rings. The topological polar surface area (TPSA) is 102 Å². The van der Waals surface area contributed by atoms with Gasteiger partial charge in [-0.05, 0) is 61.7 Å². The largest absolute Gasteiger partial charge is 0.573 e. The molecule has 0 spiro atoms. The number of hydrogen-bond acceptors (Lipinski definition) is 6. The average Bonchev–Trinajstić information content (AvgIpc) is 3.59. The second kappa shape index (κ2) is 12.4. The lowest BCUT2D eigenvalue weighted by Gasteiger charge is -2.21. The summed E-state index contributed by atoms with van der Waals surface area (Å²) in [6.07, 6.45) is -1.79. The van der Waals surface area contributed by atoms with Gasteiger partial charge in [0, 0.05) is 17.7 Å². The first-order valence-corrected chi connectivity index (χ1v) is 14.4. The molecule has 3 amide bonds. The van der Waals surface area contributed by atoms with Crippen LogP contribution in [-0.2, 0) is 4.79 Å². The third-order valence-corrected chi connectivity index (χ3v) is 7.67. The van der Waals surface area contributed by atoms with Crippen LogP contribution < -0.4 is 9.64 Å². The van der Waals surface area contributed by atoms with Crippen molar-refractivity contribution in [2.24, 2.45) is 9.98 Å². The highest BCUT2D eigenvalue weighted by molar-refractivity contribution is 8.15. The fourth-order valence-electron chi connectivity index (χ4n) is 4.82. The maximum absolute atomic E-state index is 12.7. The lowest BCUT2D eigenvalue weighted by atomic mass is 10.0. The Kier molecular flexibility index (Phi) is 8.68. The number of carbonyl (C=O) groups is 2. The molecule has 1 aliphatic heterocycles. The first kappa shape index (κ1) is 30.7. The predicted molar refractivity (Wildman–Crippen MR) is 164 cm³/mol. The van der Waals surface area contributed by atoms with Crippen LogP contribution in [0.25, 0.3) is 17.1 Å². The number of benzene rings is 3. The first-order valence-electron chi connectivity index (χ1n) is 13.5. The van der Waals surface area contributed by atoms with Crippen LogP contribution in [0.15, 0.2) is 77.0 Å². The highest BCUT2D eigenvalue weighted by Crippen LogP contribution is 2.33. The molecular formula is C31H27F3N6O3S. The lowest BCUT2D eigenvalue weighted by Crippen LogP contribution is -2.31. The number of aliphatic imine (C=N–C) groups is 2. The predicted octanol–water partition coefficient (Wildman–Crippen LogP) is 7.19.